The van der Waals surface area contributed by atoms with Gasteiger partial charge in [0.1, 0.15) is 9.71 Å². The molecule has 1 amide bonds. The molecule has 7 heteroatoms. The Morgan fingerprint density at radius 3 is 2.90 bits per heavy atom. The molecule has 0 saturated heterocycles. The van der Waals surface area contributed by atoms with Gasteiger partial charge in [0.15, 0.2) is 11.5 Å². The smallest absolute Gasteiger partial charge is 0.267 e. The van der Waals surface area contributed by atoms with E-state index in [-0.39, 0.29) is 12.7 Å². The summed E-state index contributed by atoms with van der Waals surface area (Å²) < 4.78 is 10.7. The summed E-state index contributed by atoms with van der Waals surface area (Å²) in [5.41, 5.74) is 10.3. The highest BCUT2D eigenvalue weighted by Crippen LogP contribution is 2.42. The molecule has 0 bridgehead atoms. The summed E-state index contributed by atoms with van der Waals surface area (Å²) in [7, 11) is 0. The fraction of sp³-hybridized carbons (Fsp3) is 0.417. The maximum Gasteiger partial charge on any atom is 0.267 e. The number of benzene rings is 1. The molecule has 1 aliphatic carbocycles. The number of anilines is 2. The fourth-order valence-corrected chi connectivity index (χ4v) is 5.47. The molecule has 1 aromatic carbocycles. The van der Waals surface area contributed by atoms with Gasteiger partial charge >= 0.3 is 0 Å². The molecule has 2 aliphatic rings. The first-order chi connectivity index (χ1) is 14.9. The Bertz CT molecular complexity index is 1180. The molecule has 5 rings (SSSR count). The second-order valence-electron chi connectivity index (χ2n) is 9.10. The van der Waals surface area contributed by atoms with Crippen LogP contribution in [0.4, 0.5) is 11.4 Å². The van der Waals surface area contributed by atoms with Crippen LogP contribution in [0.3, 0.4) is 0 Å². The van der Waals surface area contributed by atoms with E-state index >= 15 is 0 Å². The van der Waals surface area contributed by atoms with Gasteiger partial charge in [-0.05, 0) is 54.4 Å². The van der Waals surface area contributed by atoms with E-state index in [0.717, 1.165) is 41.6 Å². The van der Waals surface area contributed by atoms with Crippen LogP contribution in [-0.2, 0) is 12.8 Å². The number of hydrogen-bond acceptors (Lipinski definition) is 6. The minimum atomic E-state index is -0.234. The second-order valence-corrected chi connectivity index (χ2v) is 10.1. The monoisotopic (exact) mass is 437 g/mol. The van der Waals surface area contributed by atoms with Crippen LogP contribution >= 0.6 is 11.3 Å². The van der Waals surface area contributed by atoms with Crippen molar-refractivity contribution in [3.05, 3.63) is 40.4 Å². The highest BCUT2D eigenvalue weighted by atomic mass is 32.1. The Hall–Kier alpha value is -2.80. The third-order valence-corrected chi connectivity index (χ3v) is 8.05. The number of fused-ring (bicyclic) bond motifs is 3. The van der Waals surface area contributed by atoms with Crippen LogP contribution in [0.2, 0.25) is 0 Å². The van der Waals surface area contributed by atoms with E-state index in [4.69, 9.17) is 20.2 Å². The van der Waals surface area contributed by atoms with E-state index in [1.54, 1.807) is 18.2 Å². The molecule has 3 heterocycles. The molecule has 162 valence electrons. The number of carbonyl (C=O) groups excluding carboxylic acids is 1. The lowest BCUT2D eigenvalue weighted by atomic mass is 9.69. The number of thiophene rings is 1. The van der Waals surface area contributed by atoms with E-state index in [1.807, 2.05) is 0 Å². The normalized spacial score (nSPS) is 17.6. The molecule has 1 atom stereocenters. The molecule has 2 aromatic heterocycles. The summed E-state index contributed by atoms with van der Waals surface area (Å²) in [5, 5.41) is 3.81. The van der Waals surface area contributed by atoms with Crippen LogP contribution in [-0.4, -0.2) is 17.7 Å². The summed E-state index contributed by atoms with van der Waals surface area (Å²) in [6.07, 6.45) is 4.32. The summed E-state index contributed by atoms with van der Waals surface area (Å²) in [4.78, 5) is 19.2. The number of rotatable bonds is 4. The highest BCUT2D eigenvalue weighted by Gasteiger charge is 2.32. The molecule has 0 saturated carbocycles. The third-order valence-electron chi connectivity index (χ3n) is 6.94. The molecule has 0 spiro atoms. The van der Waals surface area contributed by atoms with Gasteiger partial charge in [-0.2, -0.15) is 0 Å². The predicted molar refractivity (Wildman–Crippen MR) is 124 cm³/mol. The maximum atomic E-state index is 13.0. The van der Waals surface area contributed by atoms with E-state index in [9.17, 15) is 4.79 Å². The number of aromatic nitrogens is 1. The molecule has 6 nitrogen and oxygen atoms in total. The first-order valence-corrected chi connectivity index (χ1v) is 11.6. The number of nitrogens with zero attached hydrogens (tertiary/aromatic N) is 1. The summed E-state index contributed by atoms with van der Waals surface area (Å²) in [6.45, 7) is 7.17. The molecular weight excluding hydrogens is 410 g/mol. The van der Waals surface area contributed by atoms with E-state index in [0.29, 0.717) is 39.1 Å². The first kappa shape index (κ1) is 20.1. The molecule has 3 aromatic rings. The second kappa shape index (κ2) is 7.41. The molecule has 0 fully saturated rings. The van der Waals surface area contributed by atoms with Crippen LogP contribution in [0.1, 0.15) is 54.5 Å². The third kappa shape index (κ3) is 3.51. The Labute approximate surface area is 185 Å². The van der Waals surface area contributed by atoms with Gasteiger partial charge in [-0.1, -0.05) is 27.2 Å². The first-order valence-electron chi connectivity index (χ1n) is 10.8. The summed E-state index contributed by atoms with van der Waals surface area (Å²) in [5.74, 6) is 1.71. The lowest BCUT2D eigenvalue weighted by Crippen LogP contribution is -2.29. The van der Waals surface area contributed by atoms with E-state index < -0.39 is 0 Å². The quantitative estimate of drug-likeness (QED) is 0.571. The van der Waals surface area contributed by atoms with Crippen molar-refractivity contribution in [3.63, 3.8) is 0 Å². The Kier molecular flexibility index (Phi) is 4.81. The van der Waals surface area contributed by atoms with Crippen LogP contribution in [0, 0.1) is 11.3 Å². The minimum absolute atomic E-state index is 0.197. The number of hydrogen-bond donors (Lipinski definition) is 2. The van der Waals surface area contributed by atoms with Gasteiger partial charge in [-0.3, -0.25) is 4.79 Å². The van der Waals surface area contributed by atoms with Crippen molar-refractivity contribution in [1.82, 2.24) is 4.98 Å². The van der Waals surface area contributed by atoms with Gasteiger partial charge in [0.2, 0.25) is 6.79 Å². The van der Waals surface area contributed by atoms with E-state index in [1.165, 1.54) is 16.9 Å². The number of nitrogens with two attached hydrogens (primary N) is 1. The van der Waals surface area contributed by atoms with Gasteiger partial charge in [0.05, 0.1) is 5.69 Å². The lowest BCUT2D eigenvalue weighted by Gasteiger charge is -2.36. The maximum absolute atomic E-state index is 13.0. The zero-order valence-electron chi connectivity index (χ0n) is 18.1. The summed E-state index contributed by atoms with van der Waals surface area (Å²) in [6, 6.07) is 7.51. The van der Waals surface area contributed by atoms with Gasteiger partial charge in [0, 0.05) is 22.8 Å². The number of pyridine rings is 1. The van der Waals surface area contributed by atoms with Crippen molar-refractivity contribution >= 4 is 38.8 Å². The number of nitrogen functional groups attached to an aromatic ring is 1. The lowest BCUT2D eigenvalue weighted by molar-refractivity contribution is 0.103. The van der Waals surface area contributed by atoms with Crippen molar-refractivity contribution in [2.45, 2.75) is 46.5 Å². The molecule has 31 heavy (non-hydrogen) atoms. The fourth-order valence-electron chi connectivity index (χ4n) is 4.48. The zero-order valence-corrected chi connectivity index (χ0v) is 18.9. The predicted octanol–water partition coefficient (Wildman–Crippen LogP) is 5.40. The van der Waals surface area contributed by atoms with Crippen molar-refractivity contribution in [3.8, 4) is 11.5 Å². The van der Waals surface area contributed by atoms with Gasteiger partial charge in [-0.25, -0.2) is 4.98 Å². The molecule has 0 radical (unpaired) electrons. The molecule has 1 aliphatic heterocycles. The minimum Gasteiger partial charge on any atom is -0.454 e. The Morgan fingerprint density at radius 2 is 2.10 bits per heavy atom. The van der Waals surface area contributed by atoms with Crippen LogP contribution in [0.15, 0.2) is 24.3 Å². The average Bonchev–Trinajstić information content (AvgIpc) is 3.35. The van der Waals surface area contributed by atoms with Gasteiger partial charge in [0.25, 0.3) is 5.91 Å². The van der Waals surface area contributed by atoms with Gasteiger partial charge in [-0.15, -0.1) is 11.3 Å². The van der Waals surface area contributed by atoms with Crippen molar-refractivity contribution in [2.75, 3.05) is 17.8 Å². The highest BCUT2D eigenvalue weighted by molar-refractivity contribution is 7.21. The zero-order chi connectivity index (χ0) is 21.8. The van der Waals surface area contributed by atoms with Crippen molar-refractivity contribution < 1.29 is 14.3 Å². The number of ether oxygens (including phenoxy) is 2. The van der Waals surface area contributed by atoms with Crippen LogP contribution < -0.4 is 20.5 Å². The van der Waals surface area contributed by atoms with Crippen LogP contribution in [0.5, 0.6) is 11.5 Å². The molecular formula is C24H27N3O3S. The van der Waals surface area contributed by atoms with E-state index in [2.05, 4.69) is 32.2 Å². The largest absolute Gasteiger partial charge is 0.454 e. The number of amides is 1. The topological polar surface area (TPSA) is 86.5 Å². The van der Waals surface area contributed by atoms with Crippen molar-refractivity contribution in [1.29, 1.82) is 0 Å². The number of aryl methyl sites for hydroxylation is 1. The Morgan fingerprint density at radius 1 is 1.29 bits per heavy atom. The standard InChI is InChI=1S/C24H27N3O3S/c1-4-24(2,3)14-5-7-17-13(9-14)10-16-20(25)21(31-23(16)27-17)22(28)26-15-6-8-18-19(11-15)30-12-29-18/h6,8,10-11,14H,4-5,7,9,12,25H2,1-3H3,(H,26,28). The van der Waals surface area contributed by atoms with Crippen LogP contribution in [0.25, 0.3) is 10.2 Å². The SMILES string of the molecule is CCC(C)(C)C1CCc2nc3sc(C(=O)Nc4ccc5c(c4)OCO5)c(N)c3cc2C1. The number of nitrogens with one attached hydrogen (secondary N) is 1. The van der Waals surface area contributed by atoms with Crippen molar-refractivity contribution in [2.24, 2.45) is 11.3 Å². The Balaban J connectivity index is 1.43. The average molecular weight is 438 g/mol. The summed E-state index contributed by atoms with van der Waals surface area (Å²) >= 11 is 1.36. The van der Waals surface area contributed by atoms with Gasteiger partial charge < -0.3 is 20.5 Å². The number of carbonyl (C=O) groups is 1. The molecule has 1 unspecified atom stereocenters. The molecule has 3 N–H and O–H groups in total.